The third-order valence-corrected chi connectivity index (χ3v) is 3.30. The zero-order valence-electron chi connectivity index (χ0n) is 8.21. The summed E-state index contributed by atoms with van der Waals surface area (Å²) >= 11 is 0. The third-order valence-electron chi connectivity index (χ3n) is 3.30. The molecule has 1 aliphatic heterocycles. The van der Waals surface area contributed by atoms with Crippen LogP contribution in [0, 0.1) is 5.41 Å². The zero-order chi connectivity index (χ0) is 9.36. The van der Waals surface area contributed by atoms with Crippen LogP contribution in [0.3, 0.4) is 0 Å². The minimum absolute atomic E-state index is 0.0699. The van der Waals surface area contributed by atoms with Crippen molar-refractivity contribution in [3.05, 3.63) is 0 Å². The molecule has 1 aliphatic carbocycles. The molecule has 0 spiro atoms. The molecule has 2 rings (SSSR count). The highest BCUT2D eigenvalue weighted by atomic mass is 16.7. The molecule has 1 saturated heterocycles. The highest BCUT2D eigenvalue weighted by Crippen LogP contribution is 2.58. The van der Waals surface area contributed by atoms with Gasteiger partial charge in [-0.15, -0.1) is 0 Å². The number of aliphatic hydroxyl groups excluding tert-OH is 1. The zero-order valence-corrected chi connectivity index (χ0v) is 8.21. The quantitative estimate of drug-likeness (QED) is 0.719. The summed E-state index contributed by atoms with van der Waals surface area (Å²) in [5, 5.41) is 9.35. The van der Waals surface area contributed by atoms with E-state index in [1.54, 1.807) is 0 Å². The maximum absolute atomic E-state index is 9.35. The summed E-state index contributed by atoms with van der Waals surface area (Å²) in [4.78, 5) is 0. The molecule has 13 heavy (non-hydrogen) atoms. The summed E-state index contributed by atoms with van der Waals surface area (Å²) in [7, 11) is 0. The lowest BCUT2D eigenvalue weighted by molar-refractivity contribution is -0.219. The Morgan fingerprint density at radius 1 is 1.23 bits per heavy atom. The first-order valence-electron chi connectivity index (χ1n) is 5.17. The van der Waals surface area contributed by atoms with Crippen molar-refractivity contribution < 1.29 is 14.6 Å². The van der Waals surface area contributed by atoms with E-state index in [1.165, 1.54) is 0 Å². The van der Waals surface area contributed by atoms with Gasteiger partial charge in [0.1, 0.15) is 0 Å². The molecule has 0 amide bonds. The van der Waals surface area contributed by atoms with Gasteiger partial charge in [0.05, 0.1) is 19.8 Å². The molecule has 0 atom stereocenters. The molecule has 3 nitrogen and oxygen atoms in total. The highest BCUT2D eigenvalue weighted by Gasteiger charge is 2.62. The van der Waals surface area contributed by atoms with Crippen LogP contribution in [0.15, 0.2) is 0 Å². The Bertz CT molecular complexity index is 181. The van der Waals surface area contributed by atoms with Crippen molar-refractivity contribution in [1.82, 2.24) is 0 Å². The fourth-order valence-corrected chi connectivity index (χ4v) is 2.31. The maximum Gasteiger partial charge on any atom is 0.176 e. The summed E-state index contributed by atoms with van der Waals surface area (Å²) < 4.78 is 11.4. The molecule has 1 heterocycles. The highest BCUT2D eigenvalue weighted by molar-refractivity contribution is 5.05. The summed E-state index contributed by atoms with van der Waals surface area (Å²) in [5.74, 6) is -0.448. The molecular formula is C10H18O3. The molecule has 2 fully saturated rings. The Labute approximate surface area is 79.0 Å². The number of hydrogen-bond acceptors (Lipinski definition) is 3. The van der Waals surface area contributed by atoms with Crippen LogP contribution >= 0.6 is 0 Å². The predicted octanol–water partition coefficient (Wildman–Crippen LogP) is 1.30. The van der Waals surface area contributed by atoms with Gasteiger partial charge in [-0.05, 0) is 12.8 Å². The lowest BCUT2D eigenvalue weighted by Crippen LogP contribution is -2.43. The molecule has 0 aromatic carbocycles. The van der Waals surface area contributed by atoms with Gasteiger partial charge in [-0.2, -0.15) is 0 Å². The van der Waals surface area contributed by atoms with E-state index >= 15 is 0 Å². The van der Waals surface area contributed by atoms with E-state index in [0.717, 1.165) is 25.7 Å². The van der Waals surface area contributed by atoms with Crippen molar-refractivity contribution in [2.45, 2.75) is 38.4 Å². The molecular weight excluding hydrogens is 168 g/mol. The second kappa shape index (κ2) is 3.23. The van der Waals surface area contributed by atoms with Crippen LogP contribution in [0.25, 0.3) is 0 Å². The number of aliphatic hydroxyl groups is 1. The van der Waals surface area contributed by atoms with Gasteiger partial charge in [-0.1, -0.05) is 13.3 Å². The van der Waals surface area contributed by atoms with E-state index in [9.17, 15) is 5.11 Å². The first-order chi connectivity index (χ1) is 6.29. The Hall–Kier alpha value is -0.120. The molecule has 0 aromatic heterocycles. The predicted molar refractivity (Wildman–Crippen MR) is 48.3 cm³/mol. The van der Waals surface area contributed by atoms with E-state index in [4.69, 9.17) is 9.47 Å². The maximum atomic E-state index is 9.35. The largest absolute Gasteiger partial charge is 0.396 e. The number of hydrogen-bond donors (Lipinski definition) is 1. The molecule has 0 aromatic rings. The van der Waals surface area contributed by atoms with Crippen molar-refractivity contribution in [3.8, 4) is 0 Å². The van der Waals surface area contributed by atoms with Crippen LogP contribution in [0.4, 0.5) is 0 Å². The van der Waals surface area contributed by atoms with Gasteiger partial charge >= 0.3 is 0 Å². The monoisotopic (exact) mass is 186 g/mol. The fourth-order valence-electron chi connectivity index (χ4n) is 2.31. The molecule has 1 saturated carbocycles. The molecule has 0 unspecified atom stereocenters. The van der Waals surface area contributed by atoms with E-state index in [0.29, 0.717) is 13.2 Å². The molecule has 76 valence electrons. The van der Waals surface area contributed by atoms with Gasteiger partial charge in [0.25, 0.3) is 0 Å². The van der Waals surface area contributed by atoms with Gasteiger partial charge in [0, 0.05) is 11.8 Å². The van der Waals surface area contributed by atoms with E-state index in [1.807, 2.05) is 0 Å². The van der Waals surface area contributed by atoms with Gasteiger partial charge in [0.15, 0.2) is 5.79 Å². The molecule has 0 radical (unpaired) electrons. The van der Waals surface area contributed by atoms with Crippen molar-refractivity contribution in [2.75, 3.05) is 19.8 Å². The van der Waals surface area contributed by atoms with Gasteiger partial charge in [-0.25, -0.2) is 0 Å². The number of rotatable bonds is 4. The SMILES string of the molecule is CCCC1(C2(CO)CC2)OCCO1. The van der Waals surface area contributed by atoms with Crippen LogP contribution in [0.2, 0.25) is 0 Å². The minimum atomic E-state index is -0.448. The van der Waals surface area contributed by atoms with Crippen LogP contribution in [-0.4, -0.2) is 30.7 Å². The van der Waals surface area contributed by atoms with Crippen LogP contribution in [0.1, 0.15) is 32.6 Å². The van der Waals surface area contributed by atoms with E-state index in [-0.39, 0.29) is 12.0 Å². The summed E-state index contributed by atoms with van der Waals surface area (Å²) in [6.45, 7) is 3.69. The van der Waals surface area contributed by atoms with Crippen LogP contribution in [0.5, 0.6) is 0 Å². The first kappa shape index (κ1) is 9.44. The smallest absolute Gasteiger partial charge is 0.176 e. The normalized spacial score (nSPS) is 29.1. The van der Waals surface area contributed by atoms with Gasteiger partial charge < -0.3 is 14.6 Å². The van der Waals surface area contributed by atoms with Crippen LogP contribution in [-0.2, 0) is 9.47 Å². The Balaban J connectivity index is 2.12. The topological polar surface area (TPSA) is 38.7 Å². The summed E-state index contributed by atoms with van der Waals surface area (Å²) in [5.41, 5.74) is -0.0699. The van der Waals surface area contributed by atoms with Crippen molar-refractivity contribution in [3.63, 3.8) is 0 Å². The average molecular weight is 186 g/mol. The van der Waals surface area contributed by atoms with E-state index < -0.39 is 5.79 Å². The summed E-state index contributed by atoms with van der Waals surface area (Å²) in [6.07, 6.45) is 4.04. The van der Waals surface area contributed by atoms with Gasteiger partial charge in [0.2, 0.25) is 0 Å². The Kier molecular flexibility index (Phi) is 2.34. The number of ether oxygens (including phenoxy) is 2. The molecule has 0 bridgehead atoms. The standard InChI is InChI=1S/C10H18O3/c1-2-3-10(12-6-7-13-10)9(8-11)4-5-9/h11H,2-8H2,1H3. The Morgan fingerprint density at radius 3 is 2.23 bits per heavy atom. The van der Waals surface area contributed by atoms with Crippen molar-refractivity contribution >= 4 is 0 Å². The van der Waals surface area contributed by atoms with Crippen molar-refractivity contribution in [2.24, 2.45) is 5.41 Å². The average Bonchev–Trinajstić information content (AvgIpc) is 2.83. The molecule has 2 aliphatic rings. The second-order valence-electron chi connectivity index (χ2n) is 4.14. The minimum Gasteiger partial charge on any atom is -0.396 e. The second-order valence-corrected chi connectivity index (χ2v) is 4.14. The summed E-state index contributed by atoms with van der Waals surface area (Å²) in [6, 6.07) is 0. The molecule has 3 heteroatoms. The third kappa shape index (κ3) is 1.30. The first-order valence-corrected chi connectivity index (χ1v) is 5.17. The molecule has 1 N–H and O–H groups in total. The Morgan fingerprint density at radius 2 is 1.85 bits per heavy atom. The fraction of sp³-hybridized carbons (Fsp3) is 1.00. The lowest BCUT2D eigenvalue weighted by Gasteiger charge is -2.34. The van der Waals surface area contributed by atoms with Crippen LogP contribution < -0.4 is 0 Å². The lowest BCUT2D eigenvalue weighted by atomic mass is 9.92. The van der Waals surface area contributed by atoms with Crippen molar-refractivity contribution in [1.29, 1.82) is 0 Å². The van der Waals surface area contributed by atoms with Gasteiger partial charge in [-0.3, -0.25) is 0 Å². The van der Waals surface area contributed by atoms with E-state index in [2.05, 4.69) is 6.92 Å².